The summed E-state index contributed by atoms with van der Waals surface area (Å²) >= 11 is 0. The van der Waals surface area contributed by atoms with Crippen molar-refractivity contribution in [1.82, 2.24) is 4.98 Å². The van der Waals surface area contributed by atoms with Crippen LogP contribution in [0.4, 0.5) is 0 Å². The predicted octanol–water partition coefficient (Wildman–Crippen LogP) is 3.85. The number of pyridine rings is 1. The molecule has 0 atom stereocenters. The summed E-state index contributed by atoms with van der Waals surface area (Å²) < 4.78 is 0. The van der Waals surface area contributed by atoms with E-state index < -0.39 is 0 Å². The molecule has 1 aromatic carbocycles. The first-order valence-electron chi connectivity index (χ1n) is 6.11. The number of para-hydroxylation sites is 1. The van der Waals surface area contributed by atoms with Crippen LogP contribution in [0.25, 0.3) is 10.9 Å². The van der Waals surface area contributed by atoms with Gasteiger partial charge in [0.15, 0.2) is 0 Å². The first kappa shape index (κ1) is 13.5. The highest BCUT2D eigenvalue weighted by Gasteiger charge is 2.17. The topological polar surface area (TPSA) is 32.9 Å². The maximum Gasteiger partial charge on any atom is 0.252 e. The molecular formula is C15H21NO. The molecule has 0 fully saturated rings. The van der Waals surface area contributed by atoms with Gasteiger partial charge in [0.05, 0.1) is 0 Å². The summed E-state index contributed by atoms with van der Waals surface area (Å²) in [6.45, 7) is 10.1. The average Bonchev–Trinajstić information content (AvgIpc) is 2.29. The van der Waals surface area contributed by atoms with Crippen molar-refractivity contribution in [3.63, 3.8) is 0 Å². The van der Waals surface area contributed by atoms with Crippen LogP contribution in [0.1, 0.15) is 40.2 Å². The summed E-state index contributed by atoms with van der Waals surface area (Å²) in [6, 6.07) is 9.82. The van der Waals surface area contributed by atoms with Crippen molar-refractivity contribution < 1.29 is 0 Å². The molecule has 2 aromatic rings. The molecule has 92 valence electrons. The third-order valence-corrected chi connectivity index (χ3v) is 2.56. The fourth-order valence-electron chi connectivity index (χ4n) is 1.70. The highest BCUT2D eigenvalue weighted by Crippen LogP contribution is 2.21. The number of rotatable bonds is 0. The van der Waals surface area contributed by atoms with Gasteiger partial charge in [0.1, 0.15) is 0 Å². The first-order chi connectivity index (χ1) is 7.98. The van der Waals surface area contributed by atoms with Gasteiger partial charge < -0.3 is 4.98 Å². The van der Waals surface area contributed by atoms with Gasteiger partial charge in [0, 0.05) is 11.1 Å². The maximum absolute atomic E-state index is 11.8. The summed E-state index contributed by atoms with van der Waals surface area (Å²) in [4.78, 5) is 14.7. The van der Waals surface area contributed by atoms with Gasteiger partial charge in [-0.25, -0.2) is 0 Å². The molecule has 1 N–H and O–H groups in total. The molecule has 0 bridgehead atoms. The summed E-state index contributed by atoms with van der Waals surface area (Å²) in [5, 5.41) is 1.09. The van der Waals surface area contributed by atoms with Crippen molar-refractivity contribution in [2.75, 3.05) is 0 Å². The minimum atomic E-state index is -0.113. The molecule has 17 heavy (non-hydrogen) atoms. The van der Waals surface area contributed by atoms with Crippen LogP contribution in [0.2, 0.25) is 0 Å². The van der Waals surface area contributed by atoms with E-state index in [-0.39, 0.29) is 11.0 Å². The Morgan fingerprint density at radius 3 is 2.24 bits per heavy atom. The van der Waals surface area contributed by atoms with E-state index in [9.17, 15) is 4.79 Å². The Labute approximate surface area is 103 Å². The predicted molar refractivity (Wildman–Crippen MR) is 74.6 cm³/mol. The zero-order valence-electron chi connectivity index (χ0n) is 11.3. The highest BCUT2D eigenvalue weighted by atomic mass is 16.1. The lowest BCUT2D eigenvalue weighted by Crippen LogP contribution is -2.24. The Morgan fingerprint density at radius 2 is 1.65 bits per heavy atom. The van der Waals surface area contributed by atoms with Crippen LogP contribution >= 0.6 is 0 Å². The molecule has 0 amide bonds. The van der Waals surface area contributed by atoms with Crippen LogP contribution in [0.3, 0.4) is 0 Å². The summed E-state index contributed by atoms with van der Waals surface area (Å²) in [6.07, 6.45) is 0. The van der Waals surface area contributed by atoms with Crippen molar-refractivity contribution in [2.24, 2.45) is 0 Å². The van der Waals surface area contributed by atoms with Gasteiger partial charge >= 0.3 is 0 Å². The van der Waals surface area contributed by atoms with Crippen molar-refractivity contribution in [2.45, 2.75) is 40.0 Å². The Balaban J connectivity index is 0.000000686. The second-order valence-corrected chi connectivity index (χ2v) is 4.85. The van der Waals surface area contributed by atoms with Crippen LogP contribution in [-0.4, -0.2) is 4.98 Å². The van der Waals surface area contributed by atoms with Crippen LogP contribution < -0.4 is 5.56 Å². The van der Waals surface area contributed by atoms with Crippen molar-refractivity contribution in [3.8, 4) is 0 Å². The number of nitrogens with one attached hydrogen (secondary N) is 1. The normalized spacial score (nSPS) is 10.9. The summed E-state index contributed by atoms with van der Waals surface area (Å²) in [7, 11) is 0. The summed E-state index contributed by atoms with van der Waals surface area (Å²) in [5.41, 5.74) is 1.63. The van der Waals surface area contributed by atoms with Gasteiger partial charge in [-0.1, -0.05) is 52.8 Å². The highest BCUT2D eigenvalue weighted by molar-refractivity contribution is 5.78. The average molecular weight is 231 g/mol. The monoisotopic (exact) mass is 231 g/mol. The number of benzene rings is 1. The summed E-state index contributed by atoms with van der Waals surface area (Å²) in [5.74, 6) is 0. The molecule has 2 heteroatoms. The molecule has 1 heterocycles. The molecule has 2 nitrogen and oxygen atoms in total. The zero-order chi connectivity index (χ0) is 13.1. The molecule has 0 radical (unpaired) electrons. The Morgan fingerprint density at radius 1 is 1.06 bits per heavy atom. The molecule has 2 rings (SSSR count). The quantitative estimate of drug-likeness (QED) is 0.734. The van der Waals surface area contributed by atoms with Crippen LogP contribution in [0.15, 0.2) is 35.1 Å². The van der Waals surface area contributed by atoms with E-state index in [1.165, 1.54) is 0 Å². The van der Waals surface area contributed by atoms with Gasteiger partial charge in [0.2, 0.25) is 0 Å². The third kappa shape index (κ3) is 2.96. The van der Waals surface area contributed by atoms with Gasteiger partial charge in [-0.15, -0.1) is 0 Å². The van der Waals surface area contributed by atoms with Crippen molar-refractivity contribution in [1.29, 1.82) is 0 Å². The molecule has 0 spiro atoms. The van der Waals surface area contributed by atoms with Gasteiger partial charge in [-0.2, -0.15) is 0 Å². The molecule has 0 aliphatic rings. The van der Waals surface area contributed by atoms with Crippen molar-refractivity contribution >= 4 is 10.9 Å². The van der Waals surface area contributed by atoms with E-state index in [1.807, 2.05) is 65.0 Å². The second-order valence-electron chi connectivity index (χ2n) is 4.85. The molecule has 0 saturated heterocycles. The lowest BCUT2D eigenvalue weighted by atomic mass is 9.87. The fraction of sp³-hybridized carbons (Fsp3) is 0.400. The first-order valence-corrected chi connectivity index (χ1v) is 6.11. The largest absolute Gasteiger partial charge is 0.322 e. The lowest BCUT2D eigenvalue weighted by Gasteiger charge is -2.17. The minimum absolute atomic E-state index is 0.0150. The third-order valence-electron chi connectivity index (χ3n) is 2.56. The number of fused-ring (bicyclic) bond motifs is 1. The van der Waals surface area contributed by atoms with E-state index in [0.29, 0.717) is 0 Å². The fourth-order valence-corrected chi connectivity index (χ4v) is 1.70. The van der Waals surface area contributed by atoms with E-state index in [1.54, 1.807) is 0 Å². The number of hydrogen-bond acceptors (Lipinski definition) is 1. The Bertz CT molecular complexity index is 547. The standard InChI is InChI=1S/C13H15NO.C2H6/c1-13(2,3)10-8-9-6-4-5-7-11(9)14-12(10)15;1-2/h4-8H,1-3H3,(H,14,15);1-2H3. The van der Waals surface area contributed by atoms with E-state index >= 15 is 0 Å². The number of aromatic amines is 1. The maximum atomic E-state index is 11.8. The van der Waals surface area contributed by atoms with Gasteiger partial charge in [-0.05, 0) is 22.9 Å². The van der Waals surface area contributed by atoms with Gasteiger partial charge in [0.25, 0.3) is 5.56 Å². The molecule has 1 aromatic heterocycles. The number of H-pyrrole nitrogens is 1. The molecule has 0 unspecified atom stereocenters. The molecule has 0 aliphatic carbocycles. The van der Waals surface area contributed by atoms with Crippen LogP contribution in [0, 0.1) is 0 Å². The van der Waals surface area contributed by atoms with E-state index in [0.717, 1.165) is 16.5 Å². The number of hydrogen-bond donors (Lipinski definition) is 1. The number of aromatic nitrogens is 1. The minimum Gasteiger partial charge on any atom is -0.322 e. The zero-order valence-corrected chi connectivity index (χ0v) is 11.3. The molecule has 0 saturated carbocycles. The smallest absolute Gasteiger partial charge is 0.252 e. The van der Waals surface area contributed by atoms with E-state index in [2.05, 4.69) is 4.98 Å². The Hall–Kier alpha value is -1.57. The molecule has 0 aliphatic heterocycles. The Kier molecular flexibility index (Phi) is 4.11. The lowest BCUT2D eigenvalue weighted by molar-refractivity contribution is 0.583. The van der Waals surface area contributed by atoms with Crippen LogP contribution in [-0.2, 0) is 5.41 Å². The van der Waals surface area contributed by atoms with Crippen LogP contribution in [0.5, 0.6) is 0 Å². The van der Waals surface area contributed by atoms with E-state index in [4.69, 9.17) is 0 Å². The van der Waals surface area contributed by atoms with Crippen molar-refractivity contribution in [3.05, 3.63) is 46.2 Å². The molecular weight excluding hydrogens is 210 g/mol. The second kappa shape index (κ2) is 5.17. The SMILES string of the molecule is CC.CC(C)(C)c1cc2ccccc2[nH]c1=O. The van der Waals surface area contributed by atoms with Gasteiger partial charge in [-0.3, -0.25) is 4.79 Å².